The zero-order chi connectivity index (χ0) is 15.4. The Bertz CT molecular complexity index is 266. The average Bonchev–Trinajstić information content (AvgIpc) is 2.33. The Morgan fingerprint density at radius 1 is 1.22 bits per heavy atom. The maximum atomic E-state index is 13.1. The zero-order valence-electron chi connectivity index (χ0n) is 12.1. The van der Waals surface area contributed by atoms with Gasteiger partial charge < -0.3 is 5.11 Å². The van der Waals surface area contributed by atoms with Crippen molar-refractivity contribution in [2.24, 2.45) is 0 Å². The van der Waals surface area contributed by atoms with E-state index in [9.17, 15) is 13.2 Å². The SMILES string of the molecule is C=C(F)/C(=C\C=C/C)C(F)(F)C(C)O.CC.CC. The molecule has 0 aliphatic carbocycles. The van der Waals surface area contributed by atoms with Gasteiger partial charge in [0.2, 0.25) is 0 Å². The number of hydrogen-bond acceptors (Lipinski definition) is 1. The highest BCUT2D eigenvalue weighted by atomic mass is 19.3. The van der Waals surface area contributed by atoms with Gasteiger partial charge in [0.1, 0.15) is 11.9 Å². The second-order valence-electron chi connectivity index (χ2n) is 2.81. The van der Waals surface area contributed by atoms with E-state index >= 15 is 0 Å². The van der Waals surface area contributed by atoms with Crippen LogP contribution in [0.15, 0.2) is 36.2 Å². The van der Waals surface area contributed by atoms with Crippen molar-refractivity contribution in [3.05, 3.63) is 36.2 Å². The molecule has 0 radical (unpaired) electrons. The Morgan fingerprint density at radius 2 is 1.61 bits per heavy atom. The molecule has 0 fully saturated rings. The standard InChI is InChI=1S/C10H13F3O.2C2H6/c1-4-5-6-9(7(2)11)10(12,13)8(3)14;2*1-2/h4-6,8,14H,2H2,1,3H3;2*1-2H3/b5-4-,9-6+;;. The lowest BCUT2D eigenvalue weighted by molar-refractivity contribution is -0.0686. The highest BCUT2D eigenvalue weighted by molar-refractivity contribution is 5.34. The highest BCUT2D eigenvalue weighted by Gasteiger charge is 2.40. The fraction of sp³-hybridized carbons (Fsp3) is 0.571. The van der Waals surface area contributed by atoms with Crippen LogP contribution in [0.3, 0.4) is 0 Å². The van der Waals surface area contributed by atoms with E-state index in [4.69, 9.17) is 5.11 Å². The molecule has 1 unspecified atom stereocenters. The van der Waals surface area contributed by atoms with E-state index in [0.717, 1.165) is 13.0 Å². The molecule has 1 atom stereocenters. The largest absolute Gasteiger partial charge is 0.387 e. The summed E-state index contributed by atoms with van der Waals surface area (Å²) in [4.78, 5) is 0. The monoisotopic (exact) mass is 266 g/mol. The van der Waals surface area contributed by atoms with Crippen molar-refractivity contribution in [3.63, 3.8) is 0 Å². The second-order valence-corrected chi connectivity index (χ2v) is 2.81. The quantitative estimate of drug-likeness (QED) is 0.707. The van der Waals surface area contributed by atoms with Crippen molar-refractivity contribution < 1.29 is 18.3 Å². The lowest BCUT2D eigenvalue weighted by atomic mass is 10.0. The predicted molar refractivity (Wildman–Crippen MR) is 72.5 cm³/mol. The molecule has 4 heteroatoms. The van der Waals surface area contributed by atoms with E-state index in [1.54, 1.807) is 6.92 Å². The minimum atomic E-state index is -3.62. The van der Waals surface area contributed by atoms with Crippen molar-refractivity contribution in [2.45, 2.75) is 53.6 Å². The van der Waals surface area contributed by atoms with Crippen molar-refractivity contribution >= 4 is 0 Å². The van der Waals surface area contributed by atoms with E-state index in [0.29, 0.717) is 0 Å². The van der Waals surface area contributed by atoms with Gasteiger partial charge in [0.15, 0.2) is 0 Å². The number of hydrogen-bond donors (Lipinski definition) is 1. The van der Waals surface area contributed by atoms with Crippen LogP contribution in [-0.2, 0) is 0 Å². The van der Waals surface area contributed by atoms with Gasteiger partial charge >= 0.3 is 5.92 Å². The first-order chi connectivity index (χ1) is 8.34. The maximum absolute atomic E-state index is 13.1. The molecule has 18 heavy (non-hydrogen) atoms. The summed E-state index contributed by atoms with van der Waals surface area (Å²) >= 11 is 0. The molecule has 1 nitrogen and oxygen atoms in total. The lowest BCUT2D eigenvalue weighted by Crippen LogP contribution is -2.33. The molecule has 0 saturated carbocycles. The molecule has 0 saturated heterocycles. The van der Waals surface area contributed by atoms with E-state index in [-0.39, 0.29) is 0 Å². The third-order valence-electron chi connectivity index (χ3n) is 1.63. The maximum Gasteiger partial charge on any atom is 0.301 e. The zero-order valence-corrected chi connectivity index (χ0v) is 12.1. The van der Waals surface area contributed by atoms with Crippen molar-refractivity contribution in [1.82, 2.24) is 0 Å². The summed E-state index contributed by atoms with van der Waals surface area (Å²) in [7, 11) is 0. The molecule has 0 bridgehead atoms. The van der Waals surface area contributed by atoms with Gasteiger partial charge in [-0.2, -0.15) is 8.78 Å². The van der Waals surface area contributed by atoms with E-state index in [1.807, 2.05) is 27.7 Å². The van der Waals surface area contributed by atoms with Crippen LogP contribution in [0, 0.1) is 0 Å². The first-order valence-corrected chi connectivity index (χ1v) is 6.08. The van der Waals surface area contributed by atoms with Gasteiger partial charge in [-0.25, -0.2) is 4.39 Å². The third-order valence-corrected chi connectivity index (χ3v) is 1.63. The average molecular weight is 266 g/mol. The van der Waals surface area contributed by atoms with Gasteiger partial charge in [0.25, 0.3) is 0 Å². The molecule has 0 rings (SSSR count). The number of allylic oxidation sites excluding steroid dienone is 4. The van der Waals surface area contributed by atoms with E-state index in [1.165, 1.54) is 12.2 Å². The fourth-order valence-electron chi connectivity index (χ4n) is 0.800. The molecule has 1 N–H and O–H groups in total. The number of halogens is 3. The summed E-state index contributed by atoms with van der Waals surface area (Å²) in [5.41, 5.74) is -0.898. The van der Waals surface area contributed by atoms with Crippen LogP contribution in [0.2, 0.25) is 0 Å². The third kappa shape index (κ3) is 8.12. The van der Waals surface area contributed by atoms with Crippen molar-refractivity contribution in [2.75, 3.05) is 0 Å². The van der Waals surface area contributed by atoms with Crippen molar-refractivity contribution in [1.29, 1.82) is 0 Å². The number of alkyl halides is 2. The molecule has 0 aromatic rings. The first-order valence-electron chi connectivity index (χ1n) is 6.08. The second kappa shape index (κ2) is 12.4. The Hall–Kier alpha value is -1.03. The Morgan fingerprint density at radius 3 is 1.83 bits per heavy atom. The Kier molecular flexibility index (Phi) is 15.3. The van der Waals surface area contributed by atoms with Crippen LogP contribution < -0.4 is 0 Å². The summed E-state index contributed by atoms with van der Waals surface area (Å²) in [5, 5.41) is 8.78. The smallest absolute Gasteiger partial charge is 0.301 e. The van der Waals surface area contributed by atoms with Crippen LogP contribution in [0.4, 0.5) is 13.2 Å². The van der Waals surface area contributed by atoms with Crippen LogP contribution in [0.5, 0.6) is 0 Å². The van der Waals surface area contributed by atoms with Crippen LogP contribution in [0.25, 0.3) is 0 Å². The van der Waals surface area contributed by atoms with E-state index < -0.39 is 23.4 Å². The number of aliphatic hydroxyl groups excluding tert-OH is 1. The molecule has 0 aliphatic heterocycles. The summed E-state index contributed by atoms with van der Waals surface area (Å²) in [6, 6.07) is 0. The summed E-state index contributed by atoms with van der Waals surface area (Å²) in [6.07, 6.45) is 1.68. The number of aliphatic hydroxyl groups is 1. The summed E-state index contributed by atoms with van der Waals surface area (Å²) in [6.45, 7) is 13.3. The normalized spacial score (nSPS) is 13.1. The van der Waals surface area contributed by atoms with Gasteiger partial charge in [-0.1, -0.05) is 52.5 Å². The Labute approximate surface area is 109 Å². The Balaban J connectivity index is -0.000000506. The van der Waals surface area contributed by atoms with Gasteiger partial charge in [-0.15, -0.1) is 0 Å². The van der Waals surface area contributed by atoms with Gasteiger partial charge in [-0.05, 0) is 13.8 Å². The summed E-state index contributed by atoms with van der Waals surface area (Å²) < 4.78 is 38.9. The molecule has 0 spiro atoms. The molecular formula is C14H25F3O. The van der Waals surface area contributed by atoms with Crippen LogP contribution >= 0.6 is 0 Å². The minimum absolute atomic E-state index is 0.895. The summed E-state index contributed by atoms with van der Waals surface area (Å²) in [5.74, 6) is -4.86. The van der Waals surface area contributed by atoms with Gasteiger partial charge in [0, 0.05) is 0 Å². The van der Waals surface area contributed by atoms with Crippen LogP contribution in [0.1, 0.15) is 41.5 Å². The minimum Gasteiger partial charge on any atom is -0.387 e. The topological polar surface area (TPSA) is 20.2 Å². The van der Waals surface area contributed by atoms with Crippen LogP contribution in [-0.4, -0.2) is 17.1 Å². The highest BCUT2D eigenvalue weighted by Crippen LogP contribution is 2.32. The first kappa shape index (κ1) is 22.2. The lowest BCUT2D eigenvalue weighted by Gasteiger charge is -2.21. The van der Waals surface area contributed by atoms with Gasteiger partial charge in [0.05, 0.1) is 5.57 Å². The van der Waals surface area contributed by atoms with Crippen molar-refractivity contribution in [3.8, 4) is 0 Å². The molecule has 0 heterocycles. The number of rotatable bonds is 4. The predicted octanol–water partition coefficient (Wildman–Crippen LogP) is 5.04. The van der Waals surface area contributed by atoms with E-state index in [2.05, 4.69) is 6.58 Å². The molecule has 0 aliphatic rings. The molecule has 108 valence electrons. The fourth-order valence-corrected chi connectivity index (χ4v) is 0.800. The van der Waals surface area contributed by atoms with Gasteiger partial charge in [-0.3, -0.25) is 0 Å². The molecule has 0 amide bonds. The molecular weight excluding hydrogens is 241 g/mol. The molecule has 0 aromatic carbocycles. The molecule has 0 aromatic heterocycles.